The Labute approximate surface area is 171 Å². The molecule has 1 aliphatic heterocycles. The Morgan fingerprint density at radius 2 is 1.71 bits per heavy atom. The van der Waals surface area contributed by atoms with Gasteiger partial charge in [0.15, 0.2) is 5.54 Å². The molecule has 28 heavy (non-hydrogen) atoms. The van der Waals surface area contributed by atoms with Crippen molar-refractivity contribution in [2.45, 2.75) is 43.7 Å². The Bertz CT molecular complexity index is 938. The van der Waals surface area contributed by atoms with Crippen LogP contribution < -0.4 is 4.90 Å². The summed E-state index contributed by atoms with van der Waals surface area (Å²) in [6.45, 7) is 6.65. The quantitative estimate of drug-likeness (QED) is 0.612. The van der Waals surface area contributed by atoms with Crippen LogP contribution in [0.1, 0.15) is 38.1 Å². The zero-order valence-electron chi connectivity index (χ0n) is 16.0. The number of rotatable bonds is 2. The van der Waals surface area contributed by atoms with Gasteiger partial charge in [-0.25, -0.2) is 14.0 Å². The molecule has 2 atom stereocenters. The first-order valence-electron chi connectivity index (χ1n) is 8.75. The highest BCUT2D eigenvalue weighted by atomic mass is 79.9. The van der Waals surface area contributed by atoms with Gasteiger partial charge < -0.3 is 9.84 Å². The lowest BCUT2D eigenvalue weighted by atomic mass is 9.96. The molecule has 2 unspecified atom stereocenters. The normalized spacial score (nSPS) is 21.4. The molecule has 0 bridgehead atoms. The van der Waals surface area contributed by atoms with Crippen LogP contribution in [0.15, 0.2) is 42.5 Å². The van der Waals surface area contributed by atoms with E-state index < -0.39 is 28.0 Å². The molecule has 2 aromatic carbocycles. The highest BCUT2D eigenvalue weighted by Gasteiger charge is 2.56. The first-order valence-corrected chi connectivity index (χ1v) is 9.67. The molecular weight excluding hydrogens is 429 g/mol. The summed E-state index contributed by atoms with van der Waals surface area (Å²) in [7, 11) is 0. The van der Waals surface area contributed by atoms with Gasteiger partial charge in [0.25, 0.3) is 0 Å². The van der Waals surface area contributed by atoms with Crippen LogP contribution in [-0.4, -0.2) is 28.3 Å². The number of anilines is 1. The number of carboxylic acid groups (broad SMARTS) is 1. The molecular formula is C21H21BrFNO4. The van der Waals surface area contributed by atoms with Crippen molar-refractivity contribution < 1.29 is 23.8 Å². The number of aliphatic carboxylic acids is 1. The average molecular weight is 450 g/mol. The highest BCUT2D eigenvalue weighted by molar-refractivity contribution is 9.09. The fourth-order valence-electron chi connectivity index (χ4n) is 3.24. The molecule has 1 heterocycles. The van der Waals surface area contributed by atoms with E-state index in [1.807, 2.05) is 6.07 Å². The summed E-state index contributed by atoms with van der Waals surface area (Å²) >= 11 is 3.46. The molecule has 0 spiro atoms. The van der Waals surface area contributed by atoms with Gasteiger partial charge in [0, 0.05) is 0 Å². The maximum Gasteiger partial charge on any atom is 0.415 e. The summed E-state index contributed by atoms with van der Waals surface area (Å²) in [5.41, 5.74) is 0.261. The number of fused-ring (bicyclic) bond motifs is 1. The van der Waals surface area contributed by atoms with Crippen molar-refractivity contribution in [1.29, 1.82) is 0 Å². The summed E-state index contributed by atoms with van der Waals surface area (Å²) < 4.78 is 18.7. The average Bonchev–Trinajstić information content (AvgIpc) is 2.82. The van der Waals surface area contributed by atoms with Crippen molar-refractivity contribution in [2.24, 2.45) is 0 Å². The zero-order chi connectivity index (χ0) is 20.9. The third kappa shape index (κ3) is 3.39. The van der Waals surface area contributed by atoms with Crippen LogP contribution in [0.4, 0.5) is 14.9 Å². The topological polar surface area (TPSA) is 66.8 Å². The molecule has 0 radical (unpaired) electrons. The molecule has 0 fully saturated rings. The van der Waals surface area contributed by atoms with Crippen molar-refractivity contribution >= 4 is 33.7 Å². The van der Waals surface area contributed by atoms with Gasteiger partial charge in [-0.2, -0.15) is 0 Å². The third-order valence-electron chi connectivity index (χ3n) is 4.69. The first kappa shape index (κ1) is 20.3. The predicted octanol–water partition coefficient (Wildman–Crippen LogP) is 5.53. The number of hydrogen-bond acceptors (Lipinski definition) is 3. The number of nitrogens with zero attached hydrogens (tertiary/aromatic N) is 1. The van der Waals surface area contributed by atoms with E-state index in [0.717, 1.165) is 11.1 Å². The van der Waals surface area contributed by atoms with Crippen molar-refractivity contribution in [3.63, 3.8) is 0 Å². The number of alkyl halides is 1. The first-order chi connectivity index (χ1) is 12.9. The number of halogens is 2. The van der Waals surface area contributed by atoms with Crippen LogP contribution in [-0.2, 0) is 9.53 Å². The van der Waals surface area contributed by atoms with Crippen LogP contribution in [0.2, 0.25) is 0 Å². The summed E-state index contributed by atoms with van der Waals surface area (Å²) in [5, 5.41) is 9.93. The molecule has 1 N–H and O–H groups in total. The SMILES string of the molecule is CC(C)(C)OC(=O)N1c2cc(-c3ccc(F)cc3)ccc2C(Br)C1(C)C(=O)O. The highest BCUT2D eigenvalue weighted by Crippen LogP contribution is 2.52. The van der Waals surface area contributed by atoms with Crippen LogP contribution in [0.25, 0.3) is 11.1 Å². The molecule has 5 nitrogen and oxygen atoms in total. The number of benzene rings is 2. The number of carboxylic acids is 1. The van der Waals surface area contributed by atoms with Crippen LogP contribution in [0, 0.1) is 5.82 Å². The fraction of sp³-hybridized carbons (Fsp3) is 0.333. The van der Waals surface area contributed by atoms with Gasteiger partial charge >= 0.3 is 12.1 Å². The maximum atomic E-state index is 13.2. The summed E-state index contributed by atoms with van der Waals surface area (Å²) in [6.07, 6.45) is -0.739. The summed E-state index contributed by atoms with van der Waals surface area (Å²) in [6, 6.07) is 11.3. The standard InChI is InChI=1S/C21H21BrFNO4/c1-20(2,3)28-19(27)24-16-11-13(12-5-8-14(23)9-6-12)7-10-15(16)17(22)21(24,4)18(25)26/h5-11,17H,1-4H3,(H,25,26). The molecule has 2 aromatic rings. The molecule has 3 rings (SSSR count). The van der Waals surface area contributed by atoms with Crippen LogP contribution in [0.5, 0.6) is 0 Å². The van der Waals surface area contributed by atoms with Crippen LogP contribution >= 0.6 is 15.9 Å². The second-order valence-corrected chi connectivity index (χ2v) is 8.83. The molecule has 0 saturated heterocycles. The van der Waals surface area contributed by atoms with Crippen molar-refractivity contribution in [3.8, 4) is 11.1 Å². The van der Waals surface area contributed by atoms with Gasteiger partial charge in [0.2, 0.25) is 0 Å². The van der Waals surface area contributed by atoms with Gasteiger partial charge in [0.1, 0.15) is 11.4 Å². The Kier molecular flexibility index (Phi) is 5.00. The Morgan fingerprint density at radius 3 is 2.25 bits per heavy atom. The van der Waals surface area contributed by atoms with E-state index in [4.69, 9.17) is 4.74 Å². The maximum absolute atomic E-state index is 13.2. The third-order valence-corrected chi connectivity index (χ3v) is 6.07. The van der Waals surface area contributed by atoms with E-state index >= 15 is 0 Å². The number of carbonyl (C=O) groups excluding carboxylic acids is 1. The number of carbonyl (C=O) groups is 2. The lowest BCUT2D eigenvalue weighted by Gasteiger charge is -2.35. The molecule has 0 aromatic heterocycles. The van der Waals surface area contributed by atoms with Gasteiger partial charge in [-0.05, 0) is 62.6 Å². The van der Waals surface area contributed by atoms with E-state index in [9.17, 15) is 19.1 Å². The molecule has 7 heteroatoms. The minimum atomic E-state index is -1.56. The largest absolute Gasteiger partial charge is 0.479 e. The second kappa shape index (κ2) is 6.88. The Hall–Kier alpha value is -2.41. The zero-order valence-corrected chi connectivity index (χ0v) is 17.6. The van der Waals surface area contributed by atoms with E-state index in [1.54, 1.807) is 45.0 Å². The second-order valence-electron chi connectivity index (χ2n) is 7.91. The van der Waals surface area contributed by atoms with Crippen LogP contribution in [0.3, 0.4) is 0 Å². The molecule has 148 valence electrons. The summed E-state index contributed by atoms with van der Waals surface area (Å²) in [5.74, 6) is -1.50. The predicted molar refractivity (Wildman–Crippen MR) is 108 cm³/mol. The van der Waals surface area contributed by atoms with Gasteiger partial charge in [-0.1, -0.05) is 40.2 Å². The minimum absolute atomic E-state index is 0.348. The molecule has 0 aliphatic carbocycles. The number of hydrogen-bond donors (Lipinski definition) is 1. The van der Waals surface area contributed by atoms with E-state index in [-0.39, 0.29) is 5.82 Å². The Morgan fingerprint density at radius 1 is 1.14 bits per heavy atom. The number of amides is 1. The van der Waals surface area contributed by atoms with Gasteiger partial charge in [-0.3, -0.25) is 4.90 Å². The molecule has 0 saturated carbocycles. The fourth-order valence-corrected chi connectivity index (χ4v) is 4.03. The molecule has 1 amide bonds. The lowest BCUT2D eigenvalue weighted by molar-refractivity contribution is -0.142. The van der Waals surface area contributed by atoms with E-state index in [2.05, 4.69) is 15.9 Å². The lowest BCUT2D eigenvalue weighted by Crippen LogP contribution is -2.55. The smallest absolute Gasteiger partial charge is 0.415 e. The van der Waals surface area contributed by atoms with Gasteiger partial charge in [-0.15, -0.1) is 0 Å². The number of ether oxygens (including phenoxy) is 1. The minimum Gasteiger partial charge on any atom is -0.479 e. The van der Waals surface area contributed by atoms with Crippen molar-refractivity contribution in [3.05, 3.63) is 53.8 Å². The Balaban J connectivity index is 2.14. The van der Waals surface area contributed by atoms with E-state index in [0.29, 0.717) is 11.3 Å². The monoisotopic (exact) mass is 449 g/mol. The van der Waals surface area contributed by atoms with E-state index in [1.165, 1.54) is 24.0 Å². The van der Waals surface area contributed by atoms with Gasteiger partial charge in [0.05, 0.1) is 10.5 Å². The summed E-state index contributed by atoms with van der Waals surface area (Å²) in [4.78, 5) is 25.7. The van der Waals surface area contributed by atoms with Crippen molar-refractivity contribution in [1.82, 2.24) is 0 Å². The van der Waals surface area contributed by atoms with Crippen molar-refractivity contribution in [2.75, 3.05) is 4.90 Å². The molecule has 1 aliphatic rings.